The Morgan fingerprint density at radius 2 is 0.600 bits per heavy atom. The van der Waals surface area contributed by atoms with Crippen molar-refractivity contribution >= 4 is 19.8 Å². The normalized spacial score (nSPS) is 19.6. The van der Waals surface area contributed by atoms with Gasteiger partial charge in [0.05, 0.1) is 0 Å². The Bertz CT molecular complexity index is 42.3. The molecule has 0 radical (unpaired) electrons. The third-order valence-corrected chi connectivity index (χ3v) is 2.00. The van der Waals surface area contributed by atoms with Gasteiger partial charge in [-0.25, -0.2) is 0 Å². The molecule has 2 saturated carbocycles. The molecule has 0 amide bonds. The van der Waals surface area contributed by atoms with Gasteiger partial charge in [-0.1, -0.05) is 63.2 Å². The van der Waals surface area contributed by atoms with Crippen LogP contribution in [0.5, 0.6) is 0 Å². The van der Waals surface area contributed by atoms with Gasteiger partial charge in [0.25, 0.3) is 0 Å². The highest BCUT2D eigenvalue weighted by molar-refractivity contribution is 7.88. The Morgan fingerprint density at radius 3 is 0.600 bits per heavy atom. The molecule has 0 unspecified atom stereocenters. The third-order valence-electron chi connectivity index (χ3n) is 2.00. The topological polar surface area (TPSA) is 0 Å². The van der Waals surface area contributed by atoms with Crippen molar-refractivity contribution in [3.8, 4) is 0 Å². The van der Waals surface area contributed by atoms with Gasteiger partial charge in [0.1, 0.15) is 0 Å². The van der Waals surface area contributed by atoms with Crippen LogP contribution in [-0.2, 0) is 11.8 Å². The predicted molar refractivity (Wildman–Crippen MR) is 52.6 cm³/mol. The van der Waals surface area contributed by atoms with Crippen LogP contribution < -0.4 is 0 Å². The van der Waals surface area contributed by atoms with E-state index in [0.717, 1.165) is 0 Å². The van der Waals surface area contributed by atoms with Gasteiger partial charge in [-0.15, -0.1) is 0 Å². The Morgan fingerprint density at radius 1 is 0.500 bits per heavy atom. The lowest BCUT2D eigenvalue weighted by Crippen LogP contribution is -1.85. The zero-order chi connectivity index (χ0) is 7.66. The summed E-state index contributed by atoms with van der Waals surface area (Å²) in [6.07, 6.45) is 12.0. The fraction of sp³-hybridized carbons (Fsp3) is 1.00. The van der Waals surface area contributed by atoms with Gasteiger partial charge in [-0.3, -0.25) is 0 Å². The molecule has 0 aromatic rings. The van der Waals surface area contributed by atoms with Gasteiger partial charge in [0.2, 0.25) is 0 Å². The summed E-state index contributed by atoms with van der Waals surface area (Å²) in [5, 5.41) is 0. The van der Waals surface area contributed by atoms with Gasteiger partial charge in [0, 0.05) is 0 Å². The predicted octanol–water partition coefficient (Wildman–Crippen LogP) is 3.71. The van der Waals surface area contributed by atoms with Crippen molar-refractivity contribution in [2.24, 2.45) is 0 Å². The van der Waals surface area contributed by atoms with E-state index >= 15 is 0 Å². The second kappa shape index (κ2) is 9.52. The molecule has 2 aliphatic carbocycles. The average molecular weight is 176 g/mol. The molecule has 0 atom stereocenters. The van der Waals surface area contributed by atoms with E-state index in [0.29, 0.717) is 0 Å². The molecule has 0 spiro atoms. The number of rotatable bonds is 0. The third kappa shape index (κ3) is 6.64. The van der Waals surface area contributed by atoms with Gasteiger partial charge in [0.15, 0.2) is 0 Å². The maximum absolute atomic E-state index is 3.89. The largest absolute Gasteiger partial charge is 0.0615 e. The van der Waals surface area contributed by atoms with E-state index in [4.69, 9.17) is 0 Å². The Labute approximate surface area is 71.7 Å². The second-order valence-electron chi connectivity index (χ2n) is 2.83. The van der Waals surface area contributed by atoms with Crippen LogP contribution in [0.1, 0.15) is 51.4 Å². The summed E-state index contributed by atoms with van der Waals surface area (Å²) in [7, 11) is 2.56. The molecule has 0 N–H and O–H groups in total. The molecule has 0 aromatic carbocycles. The molecule has 10 heavy (non-hydrogen) atoms. The van der Waals surface area contributed by atoms with E-state index in [1.54, 1.807) is 0 Å². The average Bonchev–Trinajstić information content (AvgIpc) is 1.59. The molecule has 0 heterocycles. The summed E-state index contributed by atoms with van der Waals surface area (Å²) < 4.78 is 0. The van der Waals surface area contributed by atoms with Crippen LogP contribution >= 0.6 is 8.02 Å². The van der Waals surface area contributed by atoms with E-state index in [1.165, 1.54) is 51.4 Å². The van der Waals surface area contributed by atoms with Gasteiger partial charge >= 0.3 is 0 Å². The van der Waals surface area contributed by atoms with Crippen LogP contribution in [0.2, 0.25) is 0 Å². The molecule has 2 fully saturated rings. The molecule has 2 aliphatic rings. The van der Waals surface area contributed by atoms with Crippen molar-refractivity contribution in [3.05, 3.63) is 0 Å². The van der Waals surface area contributed by atoms with Gasteiger partial charge < -0.3 is 0 Å². The van der Waals surface area contributed by atoms with E-state index in [9.17, 15) is 0 Å². The maximum Gasteiger partial charge on any atom is -0.0437 e. The molecule has 0 aromatic heterocycles. The van der Waals surface area contributed by atoms with Gasteiger partial charge in [-0.2, -0.15) is 0 Å². The fourth-order valence-corrected chi connectivity index (χ4v) is 0.500. The molecule has 0 nitrogen and oxygen atoms in total. The van der Waals surface area contributed by atoms with E-state index in [2.05, 4.69) is 19.8 Å². The van der Waals surface area contributed by atoms with Crippen molar-refractivity contribution in [1.82, 2.24) is 0 Å². The van der Waals surface area contributed by atoms with Crippen LogP contribution in [0.15, 0.2) is 0 Å². The first-order valence-corrected chi connectivity index (χ1v) is 5.84. The zero-order valence-electron chi connectivity index (χ0n) is 6.57. The van der Waals surface area contributed by atoms with Crippen molar-refractivity contribution in [1.29, 1.82) is 0 Å². The maximum atomic E-state index is 3.89. The van der Waals surface area contributed by atoms with Crippen LogP contribution in [0.3, 0.4) is 0 Å². The lowest BCUT2D eigenvalue weighted by atomic mass is 10.0. The first kappa shape index (κ1) is 10.5. The van der Waals surface area contributed by atoms with Crippen molar-refractivity contribution < 1.29 is 0 Å². The molecular formula is C8H17PS. The Kier molecular flexibility index (Phi) is 10.0. The minimum atomic E-state index is 1.50. The molecule has 0 saturated heterocycles. The minimum absolute atomic E-state index is 1.50. The minimum Gasteiger partial charge on any atom is -0.0615 e. The molecule has 60 valence electrons. The lowest BCUT2D eigenvalue weighted by Gasteiger charge is -2.05. The first-order valence-electron chi connectivity index (χ1n) is 4.20. The summed E-state index contributed by atoms with van der Waals surface area (Å²) in [5.41, 5.74) is 0. The monoisotopic (exact) mass is 176 g/mol. The van der Waals surface area contributed by atoms with Crippen molar-refractivity contribution in [2.75, 3.05) is 0 Å². The summed E-state index contributed by atoms with van der Waals surface area (Å²) in [6, 6.07) is 0. The highest BCUT2D eigenvalue weighted by atomic mass is 32.4. The molecule has 0 aliphatic heterocycles. The summed E-state index contributed by atoms with van der Waals surface area (Å²) in [4.78, 5) is 0. The van der Waals surface area contributed by atoms with Crippen molar-refractivity contribution in [2.45, 2.75) is 51.4 Å². The number of hydrogen-bond donors (Lipinski definition) is 0. The quantitative estimate of drug-likeness (QED) is 0.507. The number of hydrogen-bond acceptors (Lipinski definition) is 1. The standard InChI is InChI=1S/2C4H8.HPS/c2*1-2-4-3-1;1-2/h2*1-4H2;1H. The van der Waals surface area contributed by atoms with E-state index < -0.39 is 0 Å². The zero-order valence-corrected chi connectivity index (χ0v) is 8.38. The molecule has 0 bridgehead atoms. The second-order valence-corrected chi connectivity index (χ2v) is 2.83. The highest BCUT2D eigenvalue weighted by Crippen LogP contribution is 2.15. The van der Waals surface area contributed by atoms with E-state index in [1.807, 2.05) is 0 Å². The molecular weight excluding hydrogens is 159 g/mol. The fourth-order valence-electron chi connectivity index (χ4n) is 0.500. The Hall–Kier alpha value is 0.520. The lowest BCUT2D eigenvalue weighted by molar-refractivity contribution is 0.504. The SMILES string of the molecule is C1CCC1.C1CCC1.P=S. The highest BCUT2D eigenvalue weighted by Gasteiger charge is 1.95. The van der Waals surface area contributed by atoms with Gasteiger partial charge in [-0.05, 0) is 8.02 Å². The van der Waals surface area contributed by atoms with E-state index in [-0.39, 0.29) is 0 Å². The van der Waals surface area contributed by atoms with Crippen LogP contribution in [-0.4, -0.2) is 0 Å². The first-order chi connectivity index (χ1) is 5.00. The molecule has 2 rings (SSSR count). The summed E-state index contributed by atoms with van der Waals surface area (Å²) in [6.45, 7) is 0. The smallest absolute Gasteiger partial charge is 0.0437 e. The van der Waals surface area contributed by atoms with Crippen LogP contribution in [0.4, 0.5) is 0 Å². The van der Waals surface area contributed by atoms with Crippen molar-refractivity contribution in [3.63, 3.8) is 0 Å². The summed E-state index contributed by atoms with van der Waals surface area (Å²) >= 11 is 3.89. The molecule has 2 heteroatoms. The van der Waals surface area contributed by atoms with Crippen LogP contribution in [0.25, 0.3) is 0 Å². The summed E-state index contributed by atoms with van der Waals surface area (Å²) in [5.74, 6) is 0. The van der Waals surface area contributed by atoms with Crippen LogP contribution in [0, 0.1) is 0 Å². The Balaban J connectivity index is 0.000000131.